The zero-order valence-electron chi connectivity index (χ0n) is 25.8. The molecule has 1 aliphatic heterocycles. The summed E-state index contributed by atoms with van der Waals surface area (Å²) in [5.74, 6) is 2.33. The Morgan fingerprint density at radius 1 is 1.05 bits per heavy atom. The number of hydrogen-bond acceptors (Lipinski definition) is 5. The fraction of sp³-hybridized carbons (Fsp3) is 0.611. The molecule has 1 aromatic heterocycles. The van der Waals surface area contributed by atoms with E-state index in [9.17, 15) is 15.0 Å². The number of nitrogens with zero attached hydrogens (tertiary/aromatic N) is 2. The van der Waals surface area contributed by atoms with Crippen LogP contribution in [0.15, 0.2) is 47.5 Å². The largest absolute Gasteiger partial charge is 0.393 e. The molecule has 42 heavy (non-hydrogen) atoms. The van der Waals surface area contributed by atoms with Gasteiger partial charge in [0.15, 0.2) is 5.76 Å². The Morgan fingerprint density at radius 2 is 1.81 bits per heavy atom. The van der Waals surface area contributed by atoms with Crippen molar-refractivity contribution in [2.45, 2.75) is 104 Å². The van der Waals surface area contributed by atoms with Gasteiger partial charge in [-0.15, -0.1) is 0 Å². The Balaban J connectivity index is 0.00000155. The van der Waals surface area contributed by atoms with Gasteiger partial charge in [0.1, 0.15) is 5.69 Å². The maximum atomic E-state index is 12.9. The molecule has 4 saturated carbocycles. The molecule has 7 rings (SSSR count). The summed E-state index contributed by atoms with van der Waals surface area (Å²) >= 11 is 0. The van der Waals surface area contributed by atoms with Gasteiger partial charge in [-0.3, -0.25) is 4.79 Å². The molecular formula is C36H48N2O4. The van der Waals surface area contributed by atoms with E-state index >= 15 is 0 Å². The third kappa shape index (κ3) is 4.35. The highest BCUT2D eigenvalue weighted by Gasteiger charge is 2.66. The monoisotopic (exact) mass is 572 g/mol. The summed E-state index contributed by atoms with van der Waals surface area (Å²) in [6, 6.07) is 9.45. The smallest absolute Gasteiger partial charge is 0.259 e. The van der Waals surface area contributed by atoms with Crippen LogP contribution in [0.2, 0.25) is 0 Å². The average Bonchev–Trinajstić information content (AvgIpc) is 3.63. The summed E-state index contributed by atoms with van der Waals surface area (Å²) < 4.78 is 5.63. The van der Waals surface area contributed by atoms with Crippen LogP contribution in [0.4, 0.5) is 0 Å². The molecule has 2 heterocycles. The predicted octanol–water partition coefficient (Wildman–Crippen LogP) is 7.48. The SMILES string of the molecule is C=C1c2ccccc2C(=O)N1Cc1cc(/C=C/C2CCC3(O)C4CCC5CC(O)CCC5(C)C4CCC23C)no1.CC. The number of aliphatic hydroxyl groups excluding tert-OH is 1. The highest BCUT2D eigenvalue weighted by Crippen LogP contribution is 2.69. The van der Waals surface area contributed by atoms with Crippen molar-refractivity contribution in [3.05, 3.63) is 65.6 Å². The topological polar surface area (TPSA) is 86.8 Å². The van der Waals surface area contributed by atoms with Crippen LogP contribution >= 0.6 is 0 Å². The Bertz CT molecular complexity index is 1340. The van der Waals surface area contributed by atoms with E-state index in [0.717, 1.165) is 62.6 Å². The van der Waals surface area contributed by atoms with Gasteiger partial charge >= 0.3 is 0 Å². The van der Waals surface area contributed by atoms with Crippen molar-refractivity contribution in [2.24, 2.45) is 34.5 Å². The van der Waals surface area contributed by atoms with Crippen molar-refractivity contribution >= 4 is 17.7 Å². The predicted molar refractivity (Wildman–Crippen MR) is 165 cm³/mol. The number of allylic oxidation sites excluding steroid dienone is 1. The summed E-state index contributed by atoms with van der Waals surface area (Å²) in [6.45, 7) is 13.2. The molecule has 8 unspecified atom stereocenters. The summed E-state index contributed by atoms with van der Waals surface area (Å²) in [6.07, 6.45) is 13.3. The number of aliphatic hydroxyl groups is 2. The first-order valence-electron chi connectivity index (χ1n) is 16.3. The number of carbonyl (C=O) groups excluding carboxylic acids is 1. The third-order valence-corrected chi connectivity index (χ3v) is 12.3. The van der Waals surface area contributed by atoms with Crippen LogP contribution in [0, 0.1) is 34.5 Å². The first-order valence-corrected chi connectivity index (χ1v) is 16.3. The molecule has 1 aromatic carbocycles. The lowest BCUT2D eigenvalue weighted by Gasteiger charge is -2.63. The van der Waals surface area contributed by atoms with Crippen molar-refractivity contribution in [1.29, 1.82) is 0 Å². The lowest BCUT2D eigenvalue weighted by Crippen LogP contribution is -2.62. The minimum Gasteiger partial charge on any atom is -0.393 e. The van der Waals surface area contributed by atoms with E-state index in [-0.39, 0.29) is 28.8 Å². The van der Waals surface area contributed by atoms with Crippen molar-refractivity contribution in [3.63, 3.8) is 0 Å². The standard InChI is InChI=1S/C34H42N2O4.C2H6/c1-21-27-6-4-5-7-28(27)31(38)36(21)20-26-19-24(35-40-26)10-8-22-12-17-34(39)30-11-9-23-18-25(37)13-15-32(23,2)29(30)14-16-33(22,34)3;1-2/h4-8,10,19,22-23,25,29-30,37,39H,1,9,11-18,20H2,2-3H3;1-2H3/b10-8+;. The van der Waals surface area contributed by atoms with E-state index in [1.165, 1.54) is 6.42 Å². The molecule has 4 fully saturated rings. The van der Waals surface area contributed by atoms with Gasteiger partial charge in [-0.2, -0.15) is 0 Å². The molecule has 0 radical (unpaired) electrons. The normalized spacial score (nSPS) is 38.9. The lowest BCUT2D eigenvalue weighted by atomic mass is 9.43. The molecule has 5 aliphatic rings. The molecule has 0 saturated heterocycles. The molecule has 1 amide bonds. The van der Waals surface area contributed by atoms with Gasteiger partial charge in [0, 0.05) is 28.3 Å². The molecule has 4 aliphatic carbocycles. The lowest BCUT2D eigenvalue weighted by molar-refractivity contribution is -0.207. The van der Waals surface area contributed by atoms with E-state index in [1.807, 2.05) is 50.3 Å². The fourth-order valence-electron chi connectivity index (χ4n) is 9.91. The maximum Gasteiger partial charge on any atom is 0.259 e. The molecule has 6 nitrogen and oxygen atoms in total. The van der Waals surface area contributed by atoms with Crippen LogP contribution in [-0.4, -0.2) is 37.9 Å². The zero-order chi connectivity index (χ0) is 29.9. The molecule has 2 aromatic rings. The minimum absolute atomic E-state index is 0.0600. The van der Waals surface area contributed by atoms with E-state index in [2.05, 4.69) is 31.7 Å². The average molecular weight is 573 g/mol. The molecular weight excluding hydrogens is 524 g/mol. The van der Waals surface area contributed by atoms with Gasteiger partial charge < -0.3 is 19.6 Å². The van der Waals surface area contributed by atoms with Crippen LogP contribution in [0.5, 0.6) is 0 Å². The van der Waals surface area contributed by atoms with Crippen molar-refractivity contribution in [2.75, 3.05) is 0 Å². The molecule has 0 spiro atoms. The molecule has 2 N–H and O–H groups in total. The van der Waals surface area contributed by atoms with Crippen molar-refractivity contribution < 1.29 is 19.5 Å². The van der Waals surface area contributed by atoms with Gasteiger partial charge in [-0.05, 0) is 99.0 Å². The molecule has 6 heteroatoms. The van der Waals surface area contributed by atoms with Crippen LogP contribution in [0.1, 0.15) is 113 Å². The van der Waals surface area contributed by atoms with Gasteiger partial charge in [0.25, 0.3) is 5.91 Å². The maximum absolute atomic E-state index is 12.9. The summed E-state index contributed by atoms with van der Waals surface area (Å²) in [4.78, 5) is 14.5. The van der Waals surface area contributed by atoms with Crippen LogP contribution in [0.3, 0.4) is 0 Å². The minimum atomic E-state index is -0.643. The van der Waals surface area contributed by atoms with Crippen LogP contribution in [-0.2, 0) is 6.54 Å². The van der Waals surface area contributed by atoms with Crippen molar-refractivity contribution in [1.82, 2.24) is 10.1 Å². The second-order valence-electron chi connectivity index (χ2n) is 13.9. The van der Waals surface area contributed by atoms with Gasteiger partial charge in [-0.1, -0.05) is 63.7 Å². The highest BCUT2D eigenvalue weighted by molar-refractivity contribution is 6.08. The van der Waals surface area contributed by atoms with E-state index in [1.54, 1.807) is 4.90 Å². The van der Waals surface area contributed by atoms with Crippen molar-refractivity contribution in [3.8, 4) is 0 Å². The zero-order valence-corrected chi connectivity index (χ0v) is 25.8. The fourth-order valence-corrected chi connectivity index (χ4v) is 9.91. The number of hydrogen-bond donors (Lipinski definition) is 2. The summed E-state index contributed by atoms with van der Waals surface area (Å²) in [7, 11) is 0. The van der Waals surface area contributed by atoms with Crippen LogP contribution < -0.4 is 0 Å². The number of fused-ring (bicyclic) bond motifs is 6. The number of benzene rings is 1. The van der Waals surface area contributed by atoms with Gasteiger partial charge in [0.05, 0.1) is 18.2 Å². The second kappa shape index (κ2) is 10.8. The first kappa shape index (κ1) is 29.4. The Kier molecular flexibility index (Phi) is 7.54. The second-order valence-corrected chi connectivity index (χ2v) is 13.9. The summed E-state index contributed by atoms with van der Waals surface area (Å²) in [5.41, 5.74) is 2.42. The quantitative estimate of drug-likeness (QED) is 0.397. The number of carbonyl (C=O) groups is 1. The van der Waals surface area contributed by atoms with E-state index in [0.29, 0.717) is 41.3 Å². The molecule has 0 bridgehead atoms. The van der Waals surface area contributed by atoms with Crippen LogP contribution in [0.25, 0.3) is 11.8 Å². The van der Waals surface area contributed by atoms with E-state index in [4.69, 9.17) is 4.52 Å². The third-order valence-electron chi connectivity index (χ3n) is 12.3. The first-order chi connectivity index (χ1) is 20.1. The Morgan fingerprint density at radius 3 is 2.57 bits per heavy atom. The number of aromatic nitrogens is 1. The molecule has 8 atom stereocenters. The summed E-state index contributed by atoms with van der Waals surface area (Å²) in [5, 5.41) is 27.0. The number of amides is 1. The highest BCUT2D eigenvalue weighted by atomic mass is 16.5. The van der Waals surface area contributed by atoms with E-state index < -0.39 is 5.60 Å². The number of rotatable bonds is 4. The molecule has 226 valence electrons. The Hall–Kier alpha value is -2.70. The van der Waals surface area contributed by atoms with Gasteiger partial charge in [0.2, 0.25) is 0 Å². The Labute approximate surface area is 250 Å². The van der Waals surface area contributed by atoms with Gasteiger partial charge in [-0.25, -0.2) is 0 Å².